The molecular formula is C46H30N4. The van der Waals surface area contributed by atoms with Gasteiger partial charge >= 0.3 is 0 Å². The summed E-state index contributed by atoms with van der Waals surface area (Å²) in [5, 5.41) is 4.75. The Morgan fingerprint density at radius 1 is 0.320 bits per heavy atom. The number of aromatic nitrogens is 4. The van der Waals surface area contributed by atoms with Gasteiger partial charge in [0.1, 0.15) is 0 Å². The van der Waals surface area contributed by atoms with Gasteiger partial charge < -0.3 is 0 Å². The van der Waals surface area contributed by atoms with Crippen LogP contribution in [0.5, 0.6) is 0 Å². The van der Waals surface area contributed by atoms with E-state index in [0.717, 1.165) is 55.6 Å². The Morgan fingerprint density at radius 2 is 0.920 bits per heavy atom. The number of benzene rings is 6. The third kappa shape index (κ3) is 5.39. The molecule has 4 heteroatoms. The summed E-state index contributed by atoms with van der Waals surface area (Å²) in [5.74, 6) is 0.689. The van der Waals surface area contributed by atoms with Crippen LogP contribution < -0.4 is 0 Å². The number of nitrogens with zero attached hydrogens (tertiary/aromatic N) is 4. The van der Waals surface area contributed by atoms with Gasteiger partial charge in [0, 0.05) is 47.7 Å². The predicted octanol–water partition coefficient (Wildman–Crippen LogP) is 11.6. The van der Waals surface area contributed by atoms with E-state index in [-0.39, 0.29) is 0 Å². The molecule has 0 spiro atoms. The maximum atomic E-state index is 5.34. The third-order valence-corrected chi connectivity index (χ3v) is 9.40. The first-order chi connectivity index (χ1) is 24.8. The zero-order chi connectivity index (χ0) is 33.3. The van der Waals surface area contributed by atoms with Crippen molar-refractivity contribution in [3.05, 3.63) is 183 Å². The highest BCUT2D eigenvalue weighted by molar-refractivity contribution is 6.09. The SMILES string of the molecule is c1cncc(-c2ccc(-c3cnc(-c4ccc(-c5cccc6ccccc56)c5ccccc45)nc3-c3ccc(-c4ccncc4)cc3)cc2)c1. The van der Waals surface area contributed by atoms with Crippen LogP contribution in [0.15, 0.2) is 183 Å². The molecule has 0 radical (unpaired) electrons. The van der Waals surface area contributed by atoms with Crippen LogP contribution in [0.1, 0.15) is 0 Å². The summed E-state index contributed by atoms with van der Waals surface area (Å²) in [4.78, 5) is 18.9. The summed E-state index contributed by atoms with van der Waals surface area (Å²) in [6.07, 6.45) is 9.30. The van der Waals surface area contributed by atoms with Crippen LogP contribution in [0.4, 0.5) is 0 Å². The average Bonchev–Trinajstić information content (AvgIpc) is 3.21. The van der Waals surface area contributed by atoms with Gasteiger partial charge in [-0.3, -0.25) is 9.97 Å². The van der Waals surface area contributed by atoms with Gasteiger partial charge in [-0.1, -0.05) is 127 Å². The molecule has 0 saturated carbocycles. The quantitative estimate of drug-likeness (QED) is 0.182. The van der Waals surface area contributed by atoms with Crippen LogP contribution in [-0.4, -0.2) is 19.9 Å². The molecule has 6 aromatic carbocycles. The molecule has 0 aliphatic rings. The Morgan fingerprint density at radius 3 is 1.68 bits per heavy atom. The zero-order valence-corrected chi connectivity index (χ0v) is 27.1. The molecule has 0 unspecified atom stereocenters. The Kier molecular flexibility index (Phi) is 7.45. The molecule has 0 N–H and O–H groups in total. The molecule has 0 bridgehead atoms. The largest absolute Gasteiger partial charge is 0.265 e. The number of hydrogen-bond acceptors (Lipinski definition) is 4. The fourth-order valence-electron chi connectivity index (χ4n) is 6.87. The van der Waals surface area contributed by atoms with Gasteiger partial charge in [-0.25, -0.2) is 9.97 Å². The molecule has 0 atom stereocenters. The van der Waals surface area contributed by atoms with Gasteiger partial charge in [-0.2, -0.15) is 0 Å². The van der Waals surface area contributed by atoms with Gasteiger partial charge in [0.25, 0.3) is 0 Å². The second-order valence-corrected chi connectivity index (χ2v) is 12.3. The van der Waals surface area contributed by atoms with E-state index in [2.05, 4.69) is 143 Å². The normalized spacial score (nSPS) is 11.2. The Labute approximate surface area is 290 Å². The van der Waals surface area contributed by atoms with Gasteiger partial charge in [0.05, 0.1) is 5.69 Å². The molecule has 0 amide bonds. The van der Waals surface area contributed by atoms with Crippen LogP contribution in [0.2, 0.25) is 0 Å². The lowest BCUT2D eigenvalue weighted by Gasteiger charge is -2.15. The van der Waals surface area contributed by atoms with E-state index in [9.17, 15) is 0 Å². The lowest BCUT2D eigenvalue weighted by Crippen LogP contribution is -1.97. The van der Waals surface area contributed by atoms with Gasteiger partial charge in [-0.15, -0.1) is 0 Å². The molecule has 0 saturated heterocycles. The number of pyridine rings is 2. The minimum absolute atomic E-state index is 0.689. The molecule has 0 aliphatic heterocycles. The Balaban J connectivity index is 1.19. The van der Waals surface area contributed by atoms with Crippen molar-refractivity contribution >= 4 is 21.5 Å². The highest BCUT2D eigenvalue weighted by atomic mass is 14.9. The van der Waals surface area contributed by atoms with Crippen molar-refractivity contribution in [2.24, 2.45) is 0 Å². The van der Waals surface area contributed by atoms with Crippen molar-refractivity contribution in [2.45, 2.75) is 0 Å². The molecule has 234 valence electrons. The van der Waals surface area contributed by atoms with Gasteiger partial charge in [-0.05, 0) is 84.8 Å². The van der Waals surface area contributed by atoms with E-state index in [1.807, 2.05) is 43.0 Å². The number of fused-ring (bicyclic) bond motifs is 2. The van der Waals surface area contributed by atoms with E-state index in [4.69, 9.17) is 9.97 Å². The standard InChI is InChI=1S/C46H30N4/c1-2-10-38-34(7-1)8-5-13-39(38)42-22-23-43(41-12-4-3-11-40(41)42)46-49-30-44(35-18-14-32(15-19-35)37-9-6-26-48-29-37)45(50-46)36-20-16-31(17-21-36)33-24-27-47-28-25-33/h1-30H. The minimum Gasteiger partial charge on any atom is -0.265 e. The molecule has 0 aliphatic carbocycles. The van der Waals surface area contributed by atoms with Crippen molar-refractivity contribution < 1.29 is 0 Å². The maximum absolute atomic E-state index is 5.34. The fourth-order valence-corrected chi connectivity index (χ4v) is 6.87. The van der Waals surface area contributed by atoms with Crippen molar-refractivity contribution in [3.63, 3.8) is 0 Å². The minimum atomic E-state index is 0.689. The average molecular weight is 639 g/mol. The first-order valence-corrected chi connectivity index (χ1v) is 16.7. The summed E-state index contributed by atoms with van der Waals surface area (Å²) < 4.78 is 0. The lowest BCUT2D eigenvalue weighted by atomic mass is 9.91. The summed E-state index contributed by atoms with van der Waals surface area (Å²) in [6.45, 7) is 0. The summed E-state index contributed by atoms with van der Waals surface area (Å²) in [5.41, 5.74) is 11.8. The van der Waals surface area contributed by atoms with Crippen LogP contribution in [0.25, 0.3) is 88.7 Å². The van der Waals surface area contributed by atoms with Crippen molar-refractivity contribution in [2.75, 3.05) is 0 Å². The first-order valence-electron chi connectivity index (χ1n) is 16.7. The van der Waals surface area contributed by atoms with Crippen LogP contribution in [0.3, 0.4) is 0 Å². The van der Waals surface area contributed by atoms with Crippen LogP contribution in [-0.2, 0) is 0 Å². The monoisotopic (exact) mass is 638 g/mol. The van der Waals surface area contributed by atoms with Crippen molar-refractivity contribution in [3.8, 4) is 67.2 Å². The van der Waals surface area contributed by atoms with E-state index in [1.54, 1.807) is 6.20 Å². The second-order valence-electron chi connectivity index (χ2n) is 12.3. The highest BCUT2D eigenvalue weighted by Gasteiger charge is 2.17. The summed E-state index contributed by atoms with van der Waals surface area (Å²) >= 11 is 0. The van der Waals surface area contributed by atoms with Crippen molar-refractivity contribution in [1.29, 1.82) is 0 Å². The van der Waals surface area contributed by atoms with Gasteiger partial charge in [0.15, 0.2) is 5.82 Å². The zero-order valence-electron chi connectivity index (χ0n) is 27.1. The molecule has 4 nitrogen and oxygen atoms in total. The van der Waals surface area contributed by atoms with E-state index >= 15 is 0 Å². The molecule has 50 heavy (non-hydrogen) atoms. The Bertz CT molecular complexity index is 2610. The van der Waals surface area contributed by atoms with Crippen LogP contribution >= 0.6 is 0 Å². The molecule has 3 heterocycles. The highest BCUT2D eigenvalue weighted by Crippen LogP contribution is 2.39. The van der Waals surface area contributed by atoms with E-state index < -0.39 is 0 Å². The lowest BCUT2D eigenvalue weighted by molar-refractivity contribution is 1.19. The molecule has 0 fully saturated rings. The maximum Gasteiger partial charge on any atom is 0.160 e. The number of hydrogen-bond donors (Lipinski definition) is 0. The molecular weight excluding hydrogens is 609 g/mol. The van der Waals surface area contributed by atoms with Gasteiger partial charge in [0.2, 0.25) is 0 Å². The number of rotatable bonds is 6. The van der Waals surface area contributed by atoms with E-state index in [0.29, 0.717) is 5.82 Å². The topological polar surface area (TPSA) is 51.6 Å². The summed E-state index contributed by atoms with van der Waals surface area (Å²) in [6, 6.07) is 53.3. The van der Waals surface area contributed by atoms with E-state index in [1.165, 1.54) is 27.3 Å². The third-order valence-electron chi connectivity index (χ3n) is 9.40. The first kappa shape index (κ1) is 29.4. The van der Waals surface area contributed by atoms with Crippen LogP contribution in [0, 0.1) is 0 Å². The smallest absolute Gasteiger partial charge is 0.160 e. The van der Waals surface area contributed by atoms with Crippen molar-refractivity contribution in [1.82, 2.24) is 19.9 Å². The molecule has 3 aromatic heterocycles. The second kappa shape index (κ2) is 12.7. The molecule has 9 rings (SSSR count). The fraction of sp³-hybridized carbons (Fsp3) is 0. The predicted molar refractivity (Wildman–Crippen MR) is 205 cm³/mol. The molecule has 9 aromatic rings. The summed E-state index contributed by atoms with van der Waals surface area (Å²) in [7, 11) is 0. The Hall–Kier alpha value is -6.78.